The fraction of sp³-hybridized carbons (Fsp3) is 0.115. The maximum atomic E-state index is 12.6. The van der Waals surface area contributed by atoms with Crippen molar-refractivity contribution < 1.29 is 17.9 Å². The molecule has 178 valence electrons. The lowest BCUT2D eigenvalue weighted by Crippen LogP contribution is -2.18. The third kappa shape index (κ3) is 5.64. The highest BCUT2D eigenvalue weighted by Gasteiger charge is 2.15. The Morgan fingerprint density at radius 1 is 1.03 bits per heavy atom. The molecule has 4 rings (SSSR count). The Hall–Kier alpha value is -4.24. The summed E-state index contributed by atoms with van der Waals surface area (Å²) in [5.41, 5.74) is 5.93. The van der Waals surface area contributed by atoms with E-state index in [4.69, 9.17) is 4.74 Å². The molecule has 1 aromatic heterocycles. The third-order valence-electron chi connectivity index (χ3n) is 5.22. The molecule has 3 aromatic carbocycles. The quantitative estimate of drug-likeness (QED) is 0.280. The predicted molar refractivity (Wildman–Crippen MR) is 136 cm³/mol. The Labute approximate surface area is 203 Å². The lowest BCUT2D eigenvalue weighted by atomic mass is 10.1. The minimum atomic E-state index is -3.78. The number of anilines is 1. The number of amides is 1. The minimum Gasteiger partial charge on any atom is -0.494 e. The number of carbonyl (C=O) groups is 1. The van der Waals surface area contributed by atoms with Crippen molar-refractivity contribution in [3.05, 3.63) is 95.7 Å². The number of rotatable bonds is 8. The molecule has 0 unspecified atom stereocenters. The fourth-order valence-electron chi connectivity index (χ4n) is 3.46. The van der Waals surface area contributed by atoms with Crippen LogP contribution in [0.25, 0.3) is 10.9 Å². The summed E-state index contributed by atoms with van der Waals surface area (Å²) in [5.74, 6) is 0.174. The SMILES string of the molecule is CCOc1ccc(S(=O)(=O)Nc2ccc(C(=O)N/N=C/c3ccc(C)c4ncccc34)cc2)cc1. The number of hydrogen-bond donors (Lipinski definition) is 2. The molecule has 0 bridgehead atoms. The molecule has 0 spiro atoms. The average Bonchev–Trinajstić information content (AvgIpc) is 2.86. The van der Waals surface area contributed by atoms with Gasteiger partial charge >= 0.3 is 0 Å². The molecule has 35 heavy (non-hydrogen) atoms. The van der Waals surface area contributed by atoms with E-state index in [1.54, 1.807) is 24.5 Å². The molecule has 0 aliphatic rings. The number of benzene rings is 3. The van der Waals surface area contributed by atoms with Crippen LogP contribution in [-0.2, 0) is 10.0 Å². The average molecular weight is 489 g/mol. The Morgan fingerprint density at radius 2 is 1.77 bits per heavy atom. The van der Waals surface area contributed by atoms with Crippen LogP contribution in [0.1, 0.15) is 28.4 Å². The number of hydrazone groups is 1. The molecule has 0 saturated carbocycles. The molecule has 4 aromatic rings. The zero-order chi connectivity index (χ0) is 24.8. The Kier molecular flexibility index (Phi) is 7.07. The summed E-state index contributed by atoms with van der Waals surface area (Å²) >= 11 is 0. The van der Waals surface area contributed by atoms with E-state index >= 15 is 0 Å². The van der Waals surface area contributed by atoms with Crippen molar-refractivity contribution in [2.24, 2.45) is 5.10 Å². The molecule has 1 amide bonds. The van der Waals surface area contributed by atoms with Gasteiger partial charge in [-0.05, 0) is 74.0 Å². The van der Waals surface area contributed by atoms with E-state index in [0.717, 1.165) is 22.0 Å². The van der Waals surface area contributed by atoms with Gasteiger partial charge in [0.2, 0.25) is 0 Å². The van der Waals surface area contributed by atoms with Gasteiger partial charge in [-0.1, -0.05) is 18.2 Å². The maximum absolute atomic E-state index is 12.6. The smallest absolute Gasteiger partial charge is 0.271 e. The van der Waals surface area contributed by atoms with Gasteiger partial charge in [0.15, 0.2) is 0 Å². The first-order valence-electron chi connectivity index (χ1n) is 10.9. The van der Waals surface area contributed by atoms with Crippen molar-refractivity contribution in [2.75, 3.05) is 11.3 Å². The number of pyridine rings is 1. The summed E-state index contributed by atoms with van der Waals surface area (Å²) in [5, 5.41) is 5.00. The summed E-state index contributed by atoms with van der Waals surface area (Å²) in [6.07, 6.45) is 3.31. The van der Waals surface area contributed by atoms with E-state index in [9.17, 15) is 13.2 Å². The van der Waals surface area contributed by atoms with Crippen LogP contribution in [0, 0.1) is 6.92 Å². The minimum absolute atomic E-state index is 0.107. The second kappa shape index (κ2) is 10.4. The van der Waals surface area contributed by atoms with E-state index < -0.39 is 15.9 Å². The van der Waals surface area contributed by atoms with Crippen LogP contribution in [0.3, 0.4) is 0 Å². The topological polar surface area (TPSA) is 110 Å². The van der Waals surface area contributed by atoms with Gasteiger partial charge in [0.05, 0.1) is 23.2 Å². The molecular formula is C26H24N4O4S. The molecule has 0 radical (unpaired) electrons. The lowest BCUT2D eigenvalue weighted by molar-refractivity contribution is 0.0955. The van der Waals surface area contributed by atoms with Crippen molar-refractivity contribution in [1.82, 2.24) is 10.4 Å². The van der Waals surface area contributed by atoms with Gasteiger partial charge in [-0.3, -0.25) is 14.5 Å². The van der Waals surface area contributed by atoms with E-state index in [0.29, 0.717) is 23.6 Å². The Morgan fingerprint density at radius 3 is 2.49 bits per heavy atom. The standard InChI is InChI=1S/C26H24N4O4S/c1-3-34-22-12-14-23(15-13-22)35(32,33)30-21-10-8-19(9-11-21)26(31)29-28-17-20-7-6-18(2)25-24(20)5-4-16-27-25/h4-17,30H,3H2,1-2H3,(H,29,31)/b28-17+. The van der Waals surface area contributed by atoms with E-state index in [-0.39, 0.29) is 4.90 Å². The van der Waals surface area contributed by atoms with Gasteiger partial charge in [-0.2, -0.15) is 5.10 Å². The number of carbonyl (C=O) groups excluding carboxylic acids is 1. The second-order valence-corrected chi connectivity index (χ2v) is 9.34. The molecule has 0 aliphatic carbocycles. The van der Waals surface area contributed by atoms with E-state index in [1.165, 1.54) is 36.4 Å². The largest absolute Gasteiger partial charge is 0.494 e. The van der Waals surface area contributed by atoms with Crippen LogP contribution < -0.4 is 14.9 Å². The highest BCUT2D eigenvalue weighted by Crippen LogP contribution is 2.20. The first kappa shape index (κ1) is 23.9. The molecule has 1 heterocycles. The van der Waals surface area contributed by atoms with Gasteiger partial charge in [0.1, 0.15) is 5.75 Å². The first-order valence-corrected chi connectivity index (χ1v) is 12.4. The molecule has 0 atom stereocenters. The normalized spacial score (nSPS) is 11.5. The van der Waals surface area contributed by atoms with E-state index in [1.807, 2.05) is 38.1 Å². The molecule has 0 saturated heterocycles. The van der Waals surface area contributed by atoms with Gasteiger partial charge < -0.3 is 4.74 Å². The molecular weight excluding hydrogens is 464 g/mol. The number of fused-ring (bicyclic) bond motifs is 1. The van der Waals surface area contributed by atoms with Gasteiger partial charge in [0.25, 0.3) is 15.9 Å². The number of sulfonamides is 1. The highest BCUT2D eigenvalue weighted by atomic mass is 32.2. The van der Waals surface area contributed by atoms with E-state index in [2.05, 4.69) is 20.2 Å². The zero-order valence-corrected chi connectivity index (χ0v) is 20.0. The lowest BCUT2D eigenvalue weighted by Gasteiger charge is -2.09. The van der Waals surface area contributed by atoms with Crippen molar-refractivity contribution in [3.8, 4) is 5.75 Å². The summed E-state index contributed by atoms with van der Waals surface area (Å²) in [7, 11) is -3.78. The molecule has 8 nitrogen and oxygen atoms in total. The summed E-state index contributed by atoms with van der Waals surface area (Å²) in [4.78, 5) is 17.0. The number of aryl methyl sites for hydroxylation is 1. The number of aromatic nitrogens is 1. The monoisotopic (exact) mass is 488 g/mol. The van der Waals surface area contributed by atoms with Crippen molar-refractivity contribution >= 4 is 38.7 Å². The third-order valence-corrected chi connectivity index (χ3v) is 6.62. The summed E-state index contributed by atoms with van der Waals surface area (Å²) in [6, 6.07) is 19.9. The van der Waals surface area contributed by atoms with Gasteiger partial charge in [-0.15, -0.1) is 0 Å². The van der Waals surface area contributed by atoms with Gasteiger partial charge in [0, 0.05) is 28.4 Å². The first-order chi connectivity index (χ1) is 16.9. The van der Waals surface area contributed by atoms with Crippen molar-refractivity contribution in [2.45, 2.75) is 18.7 Å². The van der Waals surface area contributed by atoms with Crippen LogP contribution in [0.2, 0.25) is 0 Å². The summed E-state index contributed by atoms with van der Waals surface area (Å²) in [6.45, 7) is 4.34. The Bertz CT molecular complexity index is 1480. The maximum Gasteiger partial charge on any atom is 0.271 e. The zero-order valence-electron chi connectivity index (χ0n) is 19.2. The molecule has 2 N–H and O–H groups in total. The highest BCUT2D eigenvalue weighted by molar-refractivity contribution is 7.92. The second-order valence-electron chi connectivity index (χ2n) is 7.66. The summed E-state index contributed by atoms with van der Waals surface area (Å²) < 4.78 is 33.1. The van der Waals surface area contributed by atoms with Gasteiger partial charge in [-0.25, -0.2) is 13.8 Å². The molecule has 0 aliphatic heterocycles. The Balaban J connectivity index is 1.40. The van der Waals surface area contributed by atoms with Crippen molar-refractivity contribution in [1.29, 1.82) is 0 Å². The van der Waals surface area contributed by atoms with Crippen LogP contribution >= 0.6 is 0 Å². The van der Waals surface area contributed by atoms with Crippen LogP contribution in [-0.4, -0.2) is 32.1 Å². The number of hydrogen-bond acceptors (Lipinski definition) is 6. The number of ether oxygens (including phenoxy) is 1. The van der Waals surface area contributed by atoms with Crippen molar-refractivity contribution in [3.63, 3.8) is 0 Å². The molecule has 9 heteroatoms. The number of nitrogens with zero attached hydrogens (tertiary/aromatic N) is 2. The van der Waals surface area contributed by atoms with Crippen LogP contribution in [0.15, 0.2) is 89.0 Å². The predicted octanol–water partition coefficient (Wildman–Crippen LogP) is 4.51. The molecule has 0 fully saturated rings. The number of nitrogens with one attached hydrogen (secondary N) is 2. The van der Waals surface area contributed by atoms with Crippen LogP contribution in [0.4, 0.5) is 5.69 Å². The fourth-order valence-corrected chi connectivity index (χ4v) is 4.52. The van der Waals surface area contributed by atoms with Crippen LogP contribution in [0.5, 0.6) is 5.75 Å².